The average Bonchev–Trinajstić information content (AvgIpc) is 2.80. The Labute approximate surface area is 198 Å². The summed E-state index contributed by atoms with van der Waals surface area (Å²) < 4.78 is 73.5. The third kappa shape index (κ3) is 6.22. The molecule has 0 saturated heterocycles. The SMILES string of the molecule is C=CCS(=O)c1nc(N(Cc2ccc(C)cc2)Cc2ccc(OC)cc2)c(F)cc1C(F)(F)F. The first-order valence-electron chi connectivity index (χ1n) is 10.3. The van der Waals surface area contributed by atoms with Gasteiger partial charge in [-0.1, -0.05) is 48.0 Å². The van der Waals surface area contributed by atoms with E-state index in [4.69, 9.17) is 4.74 Å². The van der Waals surface area contributed by atoms with Crippen LogP contribution in [-0.2, 0) is 30.1 Å². The van der Waals surface area contributed by atoms with Gasteiger partial charge in [0.25, 0.3) is 0 Å². The first kappa shape index (κ1) is 25.4. The second-order valence-corrected chi connectivity index (χ2v) is 9.05. The van der Waals surface area contributed by atoms with Crippen molar-refractivity contribution in [1.29, 1.82) is 0 Å². The zero-order valence-corrected chi connectivity index (χ0v) is 19.5. The first-order chi connectivity index (χ1) is 16.1. The predicted octanol–water partition coefficient (Wildman–Crippen LogP) is 6.06. The third-order valence-electron chi connectivity index (χ3n) is 5.04. The number of anilines is 1. The van der Waals surface area contributed by atoms with Crippen molar-refractivity contribution in [2.45, 2.75) is 31.2 Å². The molecule has 0 spiro atoms. The Hall–Kier alpha value is -3.20. The molecule has 180 valence electrons. The smallest absolute Gasteiger partial charge is 0.419 e. The maximum Gasteiger partial charge on any atom is 0.419 e. The monoisotopic (exact) mass is 492 g/mol. The molecule has 9 heteroatoms. The highest BCUT2D eigenvalue weighted by Gasteiger charge is 2.37. The van der Waals surface area contributed by atoms with Crippen LogP contribution in [-0.4, -0.2) is 22.1 Å². The molecule has 4 nitrogen and oxygen atoms in total. The second-order valence-electron chi connectivity index (χ2n) is 7.63. The highest BCUT2D eigenvalue weighted by Crippen LogP contribution is 2.36. The number of benzene rings is 2. The van der Waals surface area contributed by atoms with E-state index in [1.165, 1.54) is 18.1 Å². The fourth-order valence-electron chi connectivity index (χ4n) is 3.32. The van der Waals surface area contributed by atoms with Gasteiger partial charge in [-0.25, -0.2) is 9.37 Å². The summed E-state index contributed by atoms with van der Waals surface area (Å²) in [5.74, 6) is -1.06. The Morgan fingerprint density at radius 2 is 1.62 bits per heavy atom. The molecule has 1 heterocycles. The Kier molecular flexibility index (Phi) is 8.09. The zero-order valence-electron chi connectivity index (χ0n) is 18.7. The lowest BCUT2D eigenvalue weighted by Gasteiger charge is -2.26. The molecule has 0 aliphatic carbocycles. The lowest BCUT2D eigenvalue weighted by atomic mass is 10.1. The molecule has 0 N–H and O–H groups in total. The molecule has 2 aromatic carbocycles. The molecule has 3 rings (SSSR count). The molecule has 0 saturated carbocycles. The molecule has 1 atom stereocenters. The van der Waals surface area contributed by atoms with Crippen LogP contribution in [0.5, 0.6) is 5.75 Å². The molecule has 1 unspecified atom stereocenters. The van der Waals surface area contributed by atoms with E-state index in [0.29, 0.717) is 11.8 Å². The lowest BCUT2D eigenvalue weighted by Crippen LogP contribution is -2.26. The van der Waals surface area contributed by atoms with E-state index in [1.54, 1.807) is 24.3 Å². The first-order valence-corrected chi connectivity index (χ1v) is 11.6. The number of rotatable bonds is 9. The molecule has 0 bridgehead atoms. The molecule has 3 aromatic rings. The van der Waals surface area contributed by atoms with Crippen LogP contribution in [0.1, 0.15) is 22.3 Å². The van der Waals surface area contributed by atoms with Crippen LogP contribution in [0.15, 0.2) is 72.3 Å². The minimum Gasteiger partial charge on any atom is -0.497 e. The van der Waals surface area contributed by atoms with E-state index < -0.39 is 33.4 Å². The number of alkyl halides is 3. The Morgan fingerprint density at radius 1 is 1.06 bits per heavy atom. The largest absolute Gasteiger partial charge is 0.497 e. The van der Waals surface area contributed by atoms with Crippen LogP contribution in [0.25, 0.3) is 0 Å². The number of hydrogen-bond donors (Lipinski definition) is 0. The van der Waals surface area contributed by atoms with Crippen LogP contribution < -0.4 is 9.64 Å². The van der Waals surface area contributed by atoms with Crippen LogP contribution in [0.2, 0.25) is 0 Å². The van der Waals surface area contributed by atoms with Crippen LogP contribution in [0.3, 0.4) is 0 Å². The van der Waals surface area contributed by atoms with Crippen molar-refractivity contribution in [3.05, 3.63) is 95.3 Å². The zero-order chi connectivity index (χ0) is 24.9. The number of nitrogens with zero attached hydrogens (tertiary/aromatic N) is 2. The van der Waals surface area contributed by atoms with Gasteiger partial charge in [0.2, 0.25) is 0 Å². The molecule has 0 aliphatic rings. The van der Waals surface area contributed by atoms with Gasteiger partial charge < -0.3 is 9.64 Å². The quantitative estimate of drug-likeness (QED) is 0.269. The Bertz CT molecular complexity index is 1160. The van der Waals surface area contributed by atoms with Crippen molar-refractivity contribution in [1.82, 2.24) is 4.98 Å². The van der Waals surface area contributed by atoms with Gasteiger partial charge in [0, 0.05) is 18.8 Å². The van der Waals surface area contributed by atoms with Crippen molar-refractivity contribution in [2.24, 2.45) is 0 Å². The van der Waals surface area contributed by atoms with E-state index in [2.05, 4.69) is 11.6 Å². The van der Waals surface area contributed by atoms with Gasteiger partial charge in [-0.3, -0.25) is 4.21 Å². The third-order valence-corrected chi connectivity index (χ3v) is 6.32. The van der Waals surface area contributed by atoms with E-state index in [0.717, 1.165) is 16.7 Å². The number of aromatic nitrogens is 1. The molecule has 0 amide bonds. The normalized spacial score (nSPS) is 12.3. The minimum atomic E-state index is -4.91. The van der Waals surface area contributed by atoms with Crippen molar-refractivity contribution in [3.8, 4) is 5.75 Å². The number of methoxy groups -OCH3 is 1. The van der Waals surface area contributed by atoms with Gasteiger partial charge in [0.05, 0.1) is 23.5 Å². The number of hydrogen-bond acceptors (Lipinski definition) is 4. The van der Waals surface area contributed by atoms with Crippen LogP contribution in [0, 0.1) is 12.7 Å². The number of ether oxygens (including phenoxy) is 1. The lowest BCUT2D eigenvalue weighted by molar-refractivity contribution is -0.140. The fraction of sp³-hybridized carbons (Fsp3) is 0.240. The maximum absolute atomic E-state index is 15.1. The highest BCUT2D eigenvalue weighted by molar-refractivity contribution is 7.85. The molecule has 1 aromatic heterocycles. The summed E-state index contributed by atoms with van der Waals surface area (Å²) in [5.41, 5.74) is 1.26. The topological polar surface area (TPSA) is 42.4 Å². The summed E-state index contributed by atoms with van der Waals surface area (Å²) in [7, 11) is -0.603. The second kappa shape index (κ2) is 10.8. The highest BCUT2D eigenvalue weighted by atomic mass is 32.2. The van der Waals surface area contributed by atoms with Crippen molar-refractivity contribution in [3.63, 3.8) is 0 Å². The predicted molar refractivity (Wildman–Crippen MR) is 125 cm³/mol. The Balaban J connectivity index is 2.10. The molecule has 0 aliphatic heterocycles. The fourth-order valence-corrected chi connectivity index (χ4v) is 4.30. The molecule has 34 heavy (non-hydrogen) atoms. The molecular weight excluding hydrogens is 468 g/mol. The standard InChI is InChI=1S/C25H24F4N2O2S/c1-4-13-34(32)24-21(25(27,28)29)14-22(26)23(30-24)31(15-18-7-5-17(2)6-8-18)16-19-9-11-20(33-3)12-10-19/h4-12,14H,1,13,15-16H2,2-3H3. The van der Waals surface area contributed by atoms with Crippen molar-refractivity contribution in [2.75, 3.05) is 17.8 Å². The van der Waals surface area contributed by atoms with Gasteiger partial charge in [-0.15, -0.1) is 6.58 Å². The van der Waals surface area contributed by atoms with Gasteiger partial charge in [-0.05, 0) is 36.2 Å². The molecule has 0 radical (unpaired) electrons. The van der Waals surface area contributed by atoms with E-state index in [1.807, 2.05) is 31.2 Å². The van der Waals surface area contributed by atoms with Crippen molar-refractivity contribution >= 4 is 16.6 Å². The number of halogens is 4. The summed E-state index contributed by atoms with van der Waals surface area (Å²) >= 11 is 0. The van der Waals surface area contributed by atoms with Gasteiger partial charge in [0.1, 0.15) is 10.8 Å². The van der Waals surface area contributed by atoms with Crippen LogP contribution in [0.4, 0.5) is 23.4 Å². The van der Waals surface area contributed by atoms with Gasteiger partial charge in [0.15, 0.2) is 11.6 Å². The van der Waals surface area contributed by atoms with Crippen molar-refractivity contribution < 1.29 is 26.5 Å². The Morgan fingerprint density at radius 3 is 2.12 bits per heavy atom. The maximum atomic E-state index is 15.1. The van der Waals surface area contributed by atoms with E-state index in [9.17, 15) is 17.4 Å². The number of aryl methyl sites for hydroxylation is 1. The summed E-state index contributed by atoms with van der Waals surface area (Å²) in [5, 5.41) is -0.715. The average molecular weight is 493 g/mol. The summed E-state index contributed by atoms with van der Waals surface area (Å²) in [4.78, 5) is 5.48. The van der Waals surface area contributed by atoms with Gasteiger partial charge in [-0.2, -0.15) is 13.2 Å². The molecule has 0 fully saturated rings. The van der Waals surface area contributed by atoms with E-state index >= 15 is 4.39 Å². The number of pyridine rings is 1. The van der Waals surface area contributed by atoms with Crippen LogP contribution >= 0.6 is 0 Å². The summed E-state index contributed by atoms with van der Waals surface area (Å²) in [6, 6.07) is 14.9. The summed E-state index contributed by atoms with van der Waals surface area (Å²) in [6.07, 6.45) is -3.67. The summed E-state index contributed by atoms with van der Waals surface area (Å²) in [6.45, 7) is 5.69. The van der Waals surface area contributed by atoms with E-state index in [-0.39, 0.29) is 24.7 Å². The molecular formula is C25H24F4N2O2S. The minimum absolute atomic E-state index is 0.153. The van der Waals surface area contributed by atoms with Gasteiger partial charge >= 0.3 is 6.18 Å².